The fourth-order valence-corrected chi connectivity index (χ4v) is 6.29. The SMILES string of the molecule is C/C=C\C(C(=O)Cn1c(=O)c2cc(CC(F)(F)F)sc2n(Cc2c(F)cc(-c3ccccc3-c3noc(OC)n3)cc2F)c1=O)=C(/C)OC.CC.CC. The van der Waals surface area contributed by atoms with Crippen LogP contribution in [0.4, 0.5) is 22.0 Å². The zero-order valence-corrected chi connectivity index (χ0v) is 31.2. The maximum Gasteiger partial charge on any atom is 0.417 e. The van der Waals surface area contributed by atoms with E-state index in [1.807, 2.05) is 27.7 Å². The molecular weight excluding hydrogens is 723 g/mol. The largest absolute Gasteiger partial charge is 0.501 e. The minimum absolute atomic E-state index is 0.0400. The number of carbonyl (C=O) groups excluding carboxylic acids is 1. The van der Waals surface area contributed by atoms with Crippen LogP contribution >= 0.6 is 11.3 Å². The monoisotopic (exact) mass is 762 g/mol. The predicted octanol–water partition coefficient (Wildman–Crippen LogP) is 8.50. The standard InChI is InChI=1S/C33H27F5N4O6S.2C2H6/c1-5-8-20(17(2)46-3)27(43)16-41-29(44)23-13-19(14-33(36,37)38)49-30(23)42(32(41)45)15-24-25(34)11-18(12-26(24)35)21-9-6-7-10-22(21)28-39-31(47-4)48-40-28;2*1-2/h5-13H,14-16H2,1-4H3;2*1-2H3/b8-5-,20-17-;;. The van der Waals surface area contributed by atoms with Crippen LogP contribution in [0.3, 0.4) is 0 Å². The summed E-state index contributed by atoms with van der Waals surface area (Å²) < 4.78 is 88.0. The second kappa shape index (κ2) is 18.4. The van der Waals surface area contributed by atoms with Gasteiger partial charge < -0.3 is 9.47 Å². The average Bonchev–Trinajstić information content (AvgIpc) is 3.80. The number of benzene rings is 2. The lowest BCUT2D eigenvalue weighted by Gasteiger charge is -2.15. The number of ether oxygens (including phenoxy) is 2. The first-order valence-electron chi connectivity index (χ1n) is 16.4. The molecule has 3 aromatic heterocycles. The lowest BCUT2D eigenvalue weighted by Crippen LogP contribution is -2.41. The number of thiophene rings is 1. The molecule has 0 atom stereocenters. The topological polar surface area (TPSA) is 118 Å². The minimum atomic E-state index is -4.65. The van der Waals surface area contributed by atoms with E-state index in [2.05, 4.69) is 10.1 Å². The van der Waals surface area contributed by atoms with Gasteiger partial charge in [0.2, 0.25) is 5.82 Å². The fourth-order valence-electron chi connectivity index (χ4n) is 5.12. The molecule has 53 heavy (non-hydrogen) atoms. The lowest BCUT2D eigenvalue weighted by molar-refractivity contribution is -0.126. The summed E-state index contributed by atoms with van der Waals surface area (Å²) in [6, 6.07) is 9.45. The number of nitrogens with zero attached hydrogens (tertiary/aromatic N) is 4. The molecular formula is C37H39F5N4O6S. The van der Waals surface area contributed by atoms with Gasteiger partial charge in [-0.05, 0) is 43.2 Å². The molecule has 0 fully saturated rings. The molecule has 5 rings (SSSR count). The molecule has 0 radical (unpaired) electrons. The molecule has 16 heteroatoms. The molecule has 284 valence electrons. The molecule has 0 amide bonds. The lowest BCUT2D eigenvalue weighted by atomic mass is 9.97. The molecule has 0 spiro atoms. The van der Waals surface area contributed by atoms with Gasteiger partial charge in [0.1, 0.15) is 22.2 Å². The zero-order chi connectivity index (χ0) is 39.6. The first kappa shape index (κ1) is 42.0. The number of ketones is 1. The highest BCUT2D eigenvalue weighted by atomic mass is 32.1. The highest BCUT2D eigenvalue weighted by Crippen LogP contribution is 2.34. The third-order valence-electron chi connectivity index (χ3n) is 7.46. The van der Waals surface area contributed by atoms with E-state index in [0.717, 1.165) is 22.8 Å². The Morgan fingerprint density at radius 1 is 0.981 bits per heavy atom. The summed E-state index contributed by atoms with van der Waals surface area (Å²) in [5.41, 5.74) is -1.99. The quantitative estimate of drug-likeness (QED) is 0.0569. The first-order valence-corrected chi connectivity index (χ1v) is 17.3. The maximum atomic E-state index is 15.8. The van der Waals surface area contributed by atoms with Gasteiger partial charge in [0.15, 0.2) is 5.78 Å². The van der Waals surface area contributed by atoms with E-state index in [0.29, 0.717) is 27.0 Å². The van der Waals surface area contributed by atoms with E-state index in [-0.39, 0.29) is 43.9 Å². The summed E-state index contributed by atoms with van der Waals surface area (Å²) in [5.74, 6) is -2.63. The van der Waals surface area contributed by atoms with Crippen molar-refractivity contribution in [1.82, 2.24) is 19.3 Å². The predicted molar refractivity (Wildman–Crippen MR) is 193 cm³/mol. The highest BCUT2D eigenvalue weighted by molar-refractivity contribution is 7.18. The van der Waals surface area contributed by atoms with Crippen molar-refractivity contribution in [2.75, 3.05) is 14.2 Å². The number of hydrogen-bond donors (Lipinski definition) is 0. The third-order valence-corrected chi connectivity index (χ3v) is 8.62. The van der Waals surface area contributed by atoms with E-state index >= 15 is 8.78 Å². The van der Waals surface area contributed by atoms with Gasteiger partial charge in [-0.3, -0.25) is 23.2 Å². The summed E-state index contributed by atoms with van der Waals surface area (Å²) in [5, 5.41) is 3.50. The summed E-state index contributed by atoms with van der Waals surface area (Å²) >= 11 is 0.490. The summed E-state index contributed by atoms with van der Waals surface area (Å²) in [4.78, 5) is 44.1. The number of aromatic nitrogens is 4. The van der Waals surface area contributed by atoms with Gasteiger partial charge in [-0.2, -0.15) is 18.2 Å². The molecule has 0 bridgehead atoms. The Morgan fingerprint density at radius 3 is 2.15 bits per heavy atom. The van der Waals surface area contributed by atoms with Crippen LogP contribution in [-0.2, 0) is 29.0 Å². The number of fused-ring (bicyclic) bond motifs is 1. The van der Waals surface area contributed by atoms with E-state index in [4.69, 9.17) is 14.0 Å². The van der Waals surface area contributed by atoms with Crippen LogP contribution in [0.2, 0.25) is 0 Å². The fraction of sp³-hybridized carbons (Fsp3) is 0.324. The third kappa shape index (κ3) is 9.54. The van der Waals surface area contributed by atoms with E-state index in [9.17, 15) is 27.6 Å². The van der Waals surface area contributed by atoms with Gasteiger partial charge in [0.25, 0.3) is 5.56 Å². The van der Waals surface area contributed by atoms with Crippen LogP contribution in [0.15, 0.2) is 80.1 Å². The molecule has 0 saturated heterocycles. The Hall–Kier alpha value is -5.38. The van der Waals surface area contributed by atoms with Crippen molar-refractivity contribution in [3.8, 4) is 28.6 Å². The molecule has 0 aliphatic rings. The van der Waals surface area contributed by atoms with Crippen LogP contribution < -0.4 is 16.0 Å². The number of carbonyl (C=O) groups is 1. The number of alkyl halides is 3. The Balaban J connectivity index is 0.00000183. The first-order chi connectivity index (χ1) is 25.3. The second-order valence-electron chi connectivity index (χ2n) is 10.6. The maximum absolute atomic E-state index is 15.8. The Labute approximate surface area is 305 Å². The second-order valence-corrected chi connectivity index (χ2v) is 11.7. The minimum Gasteiger partial charge on any atom is -0.501 e. The van der Waals surface area contributed by atoms with Crippen molar-refractivity contribution in [2.24, 2.45) is 0 Å². The smallest absolute Gasteiger partial charge is 0.417 e. The van der Waals surface area contributed by atoms with Gasteiger partial charge in [-0.15, -0.1) is 11.3 Å². The van der Waals surface area contributed by atoms with Gasteiger partial charge in [0.05, 0.1) is 44.7 Å². The van der Waals surface area contributed by atoms with Crippen LogP contribution in [0.1, 0.15) is 52.0 Å². The number of rotatable bonds is 11. The molecule has 0 saturated carbocycles. The molecule has 0 N–H and O–H groups in total. The Kier molecular flexibility index (Phi) is 14.6. The van der Waals surface area contributed by atoms with Gasteiger partial charge in [0, 0.05) is 16.0 Å². The van der Waals surface area contributed by atoms with Crippen molar-refractivity contribution in [3.63, 3.8) is 0 Å². The summed E-state index contributed by atoms with van der Waals surface area (Å²) in [6.45, 7) is 9.49. The zero-order valence-electron chi connectivity index (χ0n) is 30.4. The molecule has 0 aliphatic heterocycles. The number of methoxy groups -OCH3 is 2. The number of halogens is 5. The summed E-state index contributed by atoms with van der Waals surface area (Å²) in [6.07, 6.45) is -3.25. The molecule has 2 aromatic carbocycles. The van der Waals surface area contributed by atoms with Crippen molar-refractivity contribution >= 4 is 27.3 Å². The van der Waals surface area contributed by atoms with E-state index < -0.39 is 59.9 Å². The normalized spacial score (nSPS) is 11.8. The van der Waals surface area contributed by atoms with Crippen molar-refractivity contribution in [2.45, 2.75) is 67.2 Å². The van der Waals surface area contributed by atoms with Crippen molar-refractivity contribution < 1.29 is 40.7 Å². The van der Waals surface area contributed by atoms with Crippen molar-refractivity contribution in [3.05, 3.63) is 109 Å². The average molecular weight is 763 g/mol. The summed E-state index contributed by atoms with van der Waals surface area (Å²) in [7, 11) is 2.64. The number of Topliss-reactive ketones (excluding diaryl/α,β-unsaturated/α-hetero) is 1. The van der Waals surface area contributed by atoms with Crippen LogP contribution in [0.5, 0.6) is 6.08 Å². The number of allylic oxidation sites excluding steroid dienone is 4. The van der Waals surface area contributed by atoms with Gasteiger partial charge in [-0.1, -0.05) is 69.3 Å². The van der Waals surface area contributed by atoms with Crippen LogP contribution in [0, 0.1) is 11.6 Å². The van der Waals surface area contributed by atoms with Crippen LogP contribution in [-0.4, -0.2) is 45.5 Å². The molecule has 0 unspecified atom stereocenters. The van der Waals surface area contributed by atoms with Gasteiger partial charge >= 0.3 is 17.9 Å². The Bertz CT molecular complexity index is 2230. The van der Waals surface area contributed by atoms with Crippen LogP contribution in [0.25, 0.3) is 32.7 Å². The molecule has 0 aliphatic carbocycles. The van der Waals surface area contributed by atoms with E-state index in [1.54, 1.807) is 31.2 Å². The van der Waals surface area contributed by atoms with Crippen molar-refractivity contribution in [1.29, 1.82) is 0 Å². The van der Waals surface area contributed by atoms with Gasteiger partial charge in [-0.25, -0.2) is 13.6 Å². The highest BCUT2D eigenvalue weighted by Gasteiger charge is 2.30. The molecule has 3 heterocycles. The number of hydrogen-bond acceptors (Lipinski definition) is 9. The molecule has 10 nitrogen and oxygen atoms in total. The Morgan fingerprint density at radius 2 is 1.60 bits per heavy atom. The molecule has 5 aromatic rings. The van der Waals surface area contributed by atoms with E-state index in [1.165, 1.54) is 33.3 Å².